The number of aromatic amines is 1. The van der Waals surface area contributed by atoms with E-state index in [-0.39, 0.29) is 0 Å². The van der Waals surface area contributed by atoms with E-state index >= 15 is 0 Å². The van der Waals surface area contributed by atoms with Crippen molar-refractivity contribution in [3.8, 4) is 0 Å². The highest BCUT2D eigenvalue weighted by Crippen LogP contribution is 2.36. The highest BCUT2D eigenvalue weighted by Gasteiger charge is 2.12. The SMILES string of the molecule is Cc1c[nH]c2ncnc(Nc3ccc4c(c3)SCN4)c12. The van der Waals surface area contributed by atoms with Crippen LogP contribution in [0.25, 0.3) is 11.0 Å². The summed E-state index contributed by atoms with van der Waals surface area (Å²) in [5.41, 5.74) is 4.24. The lowest BCUT2D eigenvalue weighted by molar-refractivity contribution is 1.20. The second-order valence-corrected chi connectivity index (χ2v) is 5.74. The zero-order chi connectivity index (χ0) is 13.5. The number of rotatable bonds is 2. The van der Waals surface area contributed by atoms with Gasteiger partial charge >= 0.3 is 0 Å². The Hall–Kier alpha value is -2.21. The molecule has 5 nitrogen and oxygen atoms in total. The van der Waals surface area contributed by atoms with Crippen LogP contribution in [0.1, 0.15) is 5.56 Å². The molecule has 1 aromatic carbocycles. The average molecular weight is 283 g/mol. The van der Waals surface area contributed by atoms with Gasteiger partial charge in [-0.25, -0.2) is 9.97 Å². The minimum atomic E-state index is 0.838. The Morgan fingerprint density at radius 2 is 2.25 bits per heavy atom. The van der Waals surface area contributed by atoms with Crippen LogP contribution < -0.4 is 10.6 Å². The van der Waals surface area contributed by atoms with E-state index < -0.39 is 0 Å². The predicted molar refractivity (Wildman–Crippen MR) is 82.7 cm³/mol. The molecule has 1 aliphatic heterocycles. The maximum Gasteiger partial charge on any atom is 0.143 e. The molecule has 4 rings (SSSR count). The molecule has 20 heavy (non-hydrogen) atoms. The third-order valence-electron chi connectivity index (χ3n) is 3.40. The number of aromatic nitrogens is 3. The van der Waals surface area contributed by atoms with Gasteiger partial charge < -0.3 is 15.6 Å². The molecule has 2 aromatic heterocycles. The lowest BCUT2D eigenvalue weighted by Gasteiger charge is -2.08. The van der Waals surface area contributed by atoms with E-state index in [1.54, 1.807) is 6.33 Å². The molecule has 0 aliphatic carbocycles. The molecule has 0 fully saturated rings. The molecule has 0 amide bonds. The van der Waals surface area contributed by atoms with Crippen molar-refractivity contribution in [3.63, 3.8) is 0 Å². The standard InChI is InChI=1S/C14H13N5S/c1-8-5-15-13-12(8)14(17-6-16-13)19-9-2-3-10-11(4-9)20-7-18-10/h2-6,18H,7H2,1H3,(H2,15,16,17,19). The number of H-pyrrole nitrogens is 1. The van der Waals surface area contributed by atoms with Crippen LogP contribution in [0.2, 0.25) is 0 Å². The first-order valence-corrected chi connectivity index (χ1v) is 7.36. The molecule has 1 aliphatic rings. The highest BCUT2D eigenvalue weighted by atomic mass is 32.2. The van der Waals surface area contributed by atoms with Crippen molar-refractivity contribution in [2.75, 3.05) is 16.5 Å². The third kappa shape index (κ3) is 1.80. The third-order valence-corrected chi connectivity index (χ3v) is 4.34. The van der Waals surface area contributed by atoms with Crippen molar-refractivity contribution in [1.29, 1.82) is 0 Å². The number of nitrogens with one attached hydrogen (secondary N) is 3. The van der Waals surface area contributed by atoms with Gasteiger partial charge in [0.15, 0.2) is 0 Å². The van der Waals surface area contributed by atoms with Gasteiger partial charge in [-0.1, -0.05) is 0 Å². The van der Waals surface area contributed by atoms with Crippen molar-refractivity contribution in [1.82, 2.24) is 15.0 Å². The van der Waals surface area contributed by atoms with E-state index in [1.807, 2.05) is 18.0 Å². The molecule has 0 spiro atoms. The zero-order valence-electron chi connectivity index (χ0n) is 10.9. The number of aryl methyl sites for hydroxylation is 1. The molecule has 3 heterocycles. The summed E-state index contributed by atoms with van der Waals surface area (Å²) >= 11 is 1.81. The molecular formula is C14H13N5S. The summed E-state index contributed by atoms with van der Waals surface area (Å²) in [5.74, 6) is 1.78. The molecular weight excluding hydrogens is 270 g/mol. The van der Waals surface area contributed by atoms with Crippen LogP contribution in [0.4, 0.5) is 17.2 Å². The van der Waals surface area contributed by atoms with Gasteiger partial charge in [0.05, 0.1) is 11.3 Å². The van der Waals surface area contributed by atoms with E-state index in [4.69, 9.17) is 0 Å². The maximum absolute atomic E-state index is 4.36. The molecule has 0 saturated carbocycles. The molecule has 0 unspecified atom stereocenters. The van der Waals surface area contributed by atoms with Crippen LogP contribution in [-0.4, -0.2) is 20.8 Å². The van der Waals surface area contributed by atoms with Gasteiger partial charge in [-0.15, -0.1) is 11.8 Å². The van der Waals surface area contributed by atoms with E-state index in [0.717, 1.165) is 34.0 Å². The summed E-state index contributed by atoms with van der Waals surface area (Å²) in [6.45, 7) is 2.05. The van der Waals surface area contributed by atoms with Crippen molar-refractivity contribution >= 4 is 40.0 Å². The smallest absolute Gasteiger partial charge is 0.143 e. The number of hydrogen-bond donors (Lipinski definition) is 3. The Labute approximate surface area is 120 Å². The van der Waals surface area contributed by atoms with Crippen molar-refractivity contribution in [3.05, 3.63) is 36.3 Å². The van der Waals surface area contributed by atoms with Gasteiger partial charge in [0, 0.05) is 22.5 Å². The van der Waals surface area contributed by atoms with E-state index in [9.17, 15) is 0 Å². The monoisotopic (exact) mass is 283 g/mol. The van der Waals surface area contributed by atoms with Gasteiger partial charge in [-0.05, 0) is 30.7 Å². The number of hydrogen-bond acceptors (Lipinski definition) is 5. The lowest BCUT2D eigenvalue weighted by atomic mass is 10.2. The van der Waals surface area contributed by atoms with Crippen LogP contribution >= 0.6 is 11.8 Å². The number of nitrogens with zero attached hydrogens (tertiary/aromatic N) is 2. The number of fused-ring (bicyclic) bond motifs is 2. The topological polar surface area (TPSA) is 65.6 Å². The van der Waals surface area contributed by atoms with Crippen molar-refractivity contribution in [2.24, 2.45) is 0 Å². The maximum atomic E-state index is 4.36. The number of benzene rings is 1. The van der Waals surface area contributed by atoms with Gasteiger partial charge in [-0.2, -0.15) is 0 Å². The van der Waals surface area contributed by atoms with Crippen LogP contribution in [0, 0.1) is 6.92 Å². The molecule has 0 atom stereocenters. The first-order chi connectivity index (χ1) is 9.81. The van der Waals surface area contributed by atoms with Crippen LogP contribution in [0.15, 0.2) is 35.6 Å². The summed E-state index contributed by atoms with van der Waals surface area (Å²) < 4.78 is 0. The first kappa shape index (κ1) is 11.6. The summed E-state index contributed by atoms with van der Waals surface area (Å²) in [6.07, 6.45) is 3.53. The highest BCUT2D eigenvalue weighted by molar-refractivity contribution is 7.99. The van der Waals surface area contributed by atoms with Gasteiger partial charge in [0.2, 0.25) is 0 Å². The largest absolute Gasteiger partial charge is 0.375 e. The number of anilines is 3. The summed E-state index contributed by atoms with van der Waals surface area (Å²) in [6, 6.07) is 6.31. The Morgan fingerprint density at radius 3 is 3.20 bits per heavy atom. The van der Waals surface area contributed by atoms with Crippen LogP contribution in [0.3, 0.4) is 0 Å². The minimum absolute atomic E-state index is 0.838. The second-order valence-electron chi connectivity index (χ2n) is 4.72. The van der Waals surface area contributed by atoms with Crippen LogP contribution in [0.5, 0.6) is 0 Å². The molecule has 6 heteroatoms. The zero-order valence-corrected chi connectivity index (χ0v) is 11.7. The van der Waals surface area contributed by atoms with Gasteiger partial charge in [-0.3, -0.25) is 0 Å². The fourth-order valence-electron chi connectivity index (χ4n) is 2.41. The number of thioether (sulfide) groups is 1. The van der Waals surface area contributed by atoms with Gasteiger partial charge in [0.1, 0.15) is 17.8 Å². The Kier molecular flexibility index (Phi) is 2.56. The van der Waals surface area contributed by atoms with E-state index in [0.29, 0.717) is 0 Å². The molecule has 0 saturated heterocycles. The van der Waals surface area contributed by atoms with Gasteiger partial charge in [0.25, 0.3) is 0 Å². The van der Waals surface area contributed by atoms with E-state index in [1.165, 1.54) is 10.6 Å². The predicted octanol–water partition coefficient (Wildman–Crippen LogP) is 3.49. The summed E-state index contributed by atoms with van der Waals surface area (Å²) in [5, 5.41) is 7.76. The van der Waals surface area contributed by atoms with Crippen LogP contribution in [-0.2, 0) is 0 Å². The molecule has 0 bridgehead atoms. The lowest BCUT2D eigenvalue weighted by Crippen LogP contribution is -1.96. The Balaban J connectivity index is 1.76. The Morgan fingerprint density at radius 1 is 1.30 bits per heavy atom. The summed E-state index contributed by atoms with van der Waals surface area (Å²) in [7, 11) is 0. The quantitative estimate of drug-likeness (QED) is 0.672. The Bertz CT molecular complexity index is 795. The fraction of sp³-hybridized carbons (Fsp3) is 0.143. The normalized spacial score (nSPS) is 13.2. The fourth-order valence-corrected chi connectivity index (χ4v) is 3.30. The second kappa shape index (κ2) is 4.42. The average Bonchev–Trinajstić information content (AvgIpc) is 3.06. The van der Waals surface area contributed by atoms with Crippen molar-refractivity contribution < 1.29 is 0 Å². The first-order valence-electron chi connectivity index (χ1n) is 6.38. The molecule has 3 N–H and O–H groups in total. The molecule has 3 aromatic rings. The molecule has 100 valence electrons. The molecule has 0 radical (unpaired) electrons. The summed E-state index contributed by atoms with van der Waals surface area (Å²) in [4.78, 5) is 13.0. The minimum Gasteiger partial charge on any atom is -0.375 e. The van der Waals surface area contributed by atoms with E-state index in [2.05, 4.69) is 50.7 Å². The van der Waals surface area contributed by atoms with Crippen molar-refractivity contribution in [2.45, 2.75) is 11.8 Å².